The minimum absolute atomic E-state index is 0.345. The first-order chi connectivity index (χ1) is 14.8. The summed E-state index contributed by atoms with van der Waals surface area (Å²) >= 11 is 0. The van der Waals surface area contributed by atoms with Crippen molar-refractivity contribution in [2.75, 3.05) is 28.7 Å². The fourth-order valence-electron chi connectivity index (χ4n) is 2.53. The molecule has 172 valence electrons. The number of rotatable bonds is 7. The van der Waals surface area contributed by atoms with Gasteiger partial charge in [-0.05, 0) is 62.7 Å². The predicted molar refractivity (Wildman–Crippen MR) is 125 cm³/mol. The van der Waals surface area contributed by atoms with Crippen LogP contribution < -0.4 is 20.1 Å². The molecule has 3 N–H and O–H groups in total. The Bertz CT molecular complexity index is 1100. The minimum atomic E-state index is -3.35. The van der Waals surface area contributed by atoms with Crippen molar-refractivity contribution in [2.24, 2.45) is 0 Å². The predicted octanol–water partition coefficient (Wildman–Crippen LogP) is 4.07. The van der Waals surface area contributed by atoms with E-state index >= 15 is 0 Å². The van der Waals surface area contributed by atoms with Crippen molar-refractivity contribution in [1.29, 1.82) is 0 Å². The summed E-state index contributed by atoms with van der Waals surface area (Å²) in [5.74, 6) is 0.0175. The van der Waals surface area contributed by atoms with Crippen LogP contribution in [0.25, 0.3) is 6.08 Å². The Kier molecular flexibility index (Phi) is 7.87. The van der Waals surface area contributed by atoms with Gasteiger partial charge in [0.05, 0.1) is 19.1 Å². The van der Waals surface area contributed by atoms with E-state index in [0.29, 0.717) is 28.4 Å². The molecule has 0 bridgehead atoms. The molecule has 2 aromatic carbocycles. The highest BCUT2D eigenvalue weighted by Crippen LogP contribution is 2.28. The van der Waals surface area contributed by atoms with E-state index in [1.807, 2.05) is 0 Å². The highest BCUT2D eigenvalue weighted by atomic mass is 32.2. The second-order valence-electron chi connectivity index (χ2n) is 7.86. The van der Waals surface area contributed by atoms with Gasteiger partial charge >= 0.3 is 6.09 Å². The second-order valence-corrected chi connectivity index (χ2v) is 9.61. The summed E-state index contributed by atoms with van der Waals surface area (Å²) in [4.78, 5) is 24.3. The Balaban J connectivity index is 2.05. The number of carbonyl (C=O) groups excluding carboxylic acids is 2. The first-order valence-corrected chi connectivity index (χ1v) is 11.5. The number of nitrogens with one attached hydrogen (secondary N) is 3. The first kappa shape index (κ1) is 24.7. The van der Waals surface area contributed by atoms with E-state index in [-0.39, 0.29) is 0 Å². The molecule has 0 unspecified atom stereocenters. The molecule has 2 amide bonds. The third-order valence-electron chi connectivity index (χ3n) is 3.74. The van der Waals surface area contributed by atoms with Crippen molar-refractivity contribution < 1.29 is 27.5 Å². The normalized spacial score (nSPS) is 11.7. The zero-order valence-electron chi connectivity index (χ0n) is 18.6. The number of anilines is 3. The van der Waals surface area contributed by atoms with Crippen LogP contribution >= 0.6 is 0 Å². The van der Waals surface area contributed by atoms with Crippen LogP contribution in [0.3, 0.4) is 0 Å². The molecule has 10 heteroatoms. The van der Waals surface area contributed by atoms with Crippen molar-refractivity contribution in [3.63, 3.8) is 0 Å². The Morgan fingerprint density at radius 1 is 0.969 bits per heavy atom. The fraction of sp³-hybridized carbons (Fsp3) is 0.273. The van der Waals surface area contributed by atoms with Crippen molar-refractivity contribution >= 4 is 45.2 Å². The summed E-state index contributed by atoms with van der Waals surface area (Å²) in [5.41, 5.74) is 1.27. The lowest BCUT2D eigenvalue weighted by Crippen LogP contribution is -2.27. The maximum absolute atomic E-state index is 12.3. The minimum Gasteiger partial charge on any atom is -0.495 e. The summed E-state index contributed by atoms with van der Waals surface area (Å²) in [6, 6.07) is 11.3. The average Bonchev–Trinajstić information content (AvgIpc) is 2.65. The van der Waals surface area contributed by atoms with Gasteiger partial charge in [-0.2, -0.15) is 0 Å². The topological polar surface area (TPSA) is 123 Å². The maximum Gasteiger partial charge on any atom is 0.412 e. The molecule has 0 aliphatic rings. The van der Waals surface area contributed by atoms with Gasteiger partial charge in [-0.15, -0.1) is 0 Å². The van der Waals surface area contributed by atoms with Crippen molar-refractivity contribution in [2.45, 2.75) is 26.4 Å². The summed E-state index contributed by atoms with van der Waals surface area (Å²) in [6.45, 7) is 5.26. The Morgan fingerprint density at radius 2 is 1.59 bits per heavy atom. The molecule has 0 heterocycles. The lowest BCUT2D eigenvalue weighted by Gasteiger charge is -2.20. The number of ether oxygens (including phenoxy) is 2. The highest BCUT2D eigenvalue weighted by molar-refractivity contribution is 7.92. The molecule has 0 radical (unpaired) electrons. The second kappa shape index (κ2) is 10.2. The third-order valence-corrected chi connectivity index (χ3v) is 4.35. The molecular weight excluding hydrogens is 434 g/mol. The van der Waals surface area contributed by atoms with Crippen LogP contribution in [0.2, 0.25) is 0 Å². The van der Waals surface area contributed by atoms with E-state index in [1.165, 1.54) is 13.2 Å². The van der Waals surface area contributed by atoms with Crippen LogP contribution in [0.5, 0.6) is 5.75 Å². The van der Waals surface area contributed by atoms with E-state index in [1.54, 1.807) is 69.3 Å². The molecule has 0 spiro atoms. The number of hydrogen-bond acceptors (Lipinski definition) is 6. The van der Waals surface area contributed by atoms with Crippen LogP contribution in [0.4, 0.5) is 21.9 Å². The van der Waals surface area contributed by atoms with Gasteiger partial charge < -0.3 is 14.8 Å². The molecular formula is C22H27N3O6S. The fourth-order valence-corrected chi connectivity index (χ4v) is 3.09. The van der Waals surface area contributed by atoms with Gasteiger partial charge in [-0.3, -0.25) is 14.8 Å². The number of amides is 2. The summed E-state index contributed by atoms with van der Waals surface area (Å²) in [7, 11) is -1.89. The smallest absolute Gasteiger partial charge is 0.412 e. The van der Waals surface area contributed by atoms with Crippen LogP contribution in [-0.2, 0) is 19.6 Å². The van der Waals surface area contributed by atoms with Crippen LogP contribution in [0.15, 0.2) is 48.5 Å². The van der Waals surface area contributed by atoms with E-state index < -0.39 is 27.6 Å². The molecule has 2 aromatic rings. The number of carbonyl (C=O) groups is 2. The van der Waals surface area contributed by atoms with Gasteiger partial charge in [0.25, 0.3) is 0 Å². The third kappa shape index (κ3) is 8.68. The Hall–Kier alpha value is -3.53. The van der Waals surface area contributed by atoms with Crippen molar-refractivity contribution in [1.82, 2.24) is 0 Å². The lowest BCUT2D eigenvalue weighted by atomic mass is 10.2. The molecule has 0 saturated carbocycles. The monoisotopic (exact) mass is 461 g/mol. The van der Waals surface area contributed by atoms with Crippen LogP contribution in [0.1, 0.15) is 26.3 Å². The van der Waals surface area contributed by atoms with Gasteiger partial charge in [-0.1, -0.05) is 12.1 Å². The molecule has 9 nitrogen and oxygen atoms in total. The lowest BCUT2D eigenvalue weighted by molar-refractivity contribution is -0.111. The quantitative estimate of drug-likeness (QED) is 0.534. The van der Waals surface area contributed by atoms with Crippen LogP contribution in [0, 0.1) is 0 Å². The Labute approximate surface area is 187 Å². The van der Waals surface area contributed by atoms with Crippen molar-refractivity contribution in [3.8, 4) is 5.75 Å². The summed E-state index contributed by atoms with van der Waals surface area (Å²) < 4.78 is 35.3. The van der Waals surface area contributed by atoms with E-state index in [9.17, 15) is 18.0 Å². The van der Waals surface area contributed by atoms with E-state index in [2.05, 4.69) is 15.4 Å². The molecule has 0 aliphatic heterocycles. The van der Waals surface area contributed by atoms with Gasteiger partial charge in [-0.25, -0.2) is 13.2 Å². The number of sulfonamides is 1. The molecule has 32 heavy (non-hydrogen) atoms. The highest BCUT2D eigenvalue weighted by Gasteiger charge is 2.18. The Morgan fingerprint density at radius 3 is 2.16 bits per heavy atom. The van der Waals surface area contributed by atoms with E-state index in [0.717, 1.165) is 6.26 Å². The van der Waals surface area contributed by atoms with Crippen molar-refractivity contribution in [3.05, 3.63) is 54.1 Å². The summed E-state index contributed by atoms with van der Waals surface area (Å²) in [6.07, 6.45) is 3.35. The zero-order valence-corrected chi connectivity index (χ0v) is 19.4. The van der Waals surface area contributed by atoms with Gasteiger partial charge in [0, 0.05) is 17.5 Å². The molecule has 0 aliphatic carbocycles. The molecule has 0 fully saturated rings. The number of hydrogen-bond donors (Lipinski definition) is 3. The number of benzene rings is 2. The molecule has 2 rings (SSSR count). The average molecular weight is 462 g/mol. The molecule has 0 saturated heterocycles. The van der Waals surface area contributed by atoms with Crippen LogP contribution in [-0.4, -0.2) is 39.4 Å². The number of methoxy groups -OCH3 is 1. The van der Waals surface area contributed by atoms with Gasteiger partial charge in [0.2, 0.25) is 15.9 Å². The standard InChI is InChI=1S/C22H27N3O6S/c1-22(2,3)31-21(27)24-18-14-17(11-12-19(18)30-4)23-20(26)13-8-15-6-9-16(10-7-15)25-32(5,28)29/h6-14,25H,1-5H3,(H,23,26)(H,24,27)/b13-8+. The first-order valence-electron chi connectivity index (χ1n) is 9.59. The van der Waals surface area contributed by atoms with Gasteiger partial charge in [0.1, 0.15) is 11.4 Å². The van der Waals surface area contributed by atoms with Gasteiger partial charge in [0.15, 0.2) is 0 Å². The SMILES string of the molecule is COc1ccc(NC(=O)/C=C/c2ccc(NS(C)(=O)=O)cc2)cc1NC(=O)OC(C)(C)C. The maximum atomic E-state index is 12.3. The largest absolute Gasteiger partial charge is 0.495 e. The zero-order chi connectivity index (χ0) is 23.9. The summed E-state index contributed by atoms with van der Waals surface area (Å²) in [5, 5.41) is 5.31. The van der Waals surface area contributed by atoms with E-state index in [4.69, 9.17) is 9.47 Å². The molecule has 0 atom stereocenters. The molecule has 0 aromatic heterocycles.